The minimum atomic E-state index is -0.746. The van der Waals surface area contributed by atoms with E-state index in [9.17, 15) is 4.39 Å². The molecule has 1 atom stereocenters. The molecular weight excluding hydrogens is 117 g/mol. The molecule has 0 bridgehead atoms. The zero-order valence-electron chi connectivity index (χ0n) is 5.73. The molecule has 0 rings (SSSR count). The van der Waals surface area contributed by atoms with Gasteiger partial charge in [0.1, 0.15) is 6.17 Å². The Hall–Kier alpha value is -0.580. The van der Waals surface area contributed by atoms with E-state index in [0.29, 0.717) is 19.4 Å². The van der Waals surface area contributed by atoms with Gasteiger partial charge in [-0.3, -0.25) is 0 Å². The van der Waals surface area contributed by atoms with E-state index in [1.807, 2.05) is 6.92 Å². The second-order valence-corrected chi connectivity index (χ2v) is 2.06. The van der Waals surface area contributed by atoms with Gasteiger partial charge in [0, 0.05) is 0 Å². The molecule has 0 N–H and O–H groups in total. The van der Waals surface area contributed by atoms with Gasteiger partial charge in [0.15, 0.2) is 0 Å². The highest BCUT2D eigenvalue weighted by molar-refractivity contribution is 4.64. The summed E-state index contributed by atoms with van der Waals surface area (Å²) in [5.41, 5.74) is 0. The van der Waals surface area contributed by atoms with Crippen LogP contribution in [-0.2, 0) is 0 Å². The highest BCUT2D eigenvalue weighted by atomic mass is 19.1. The molecule has 52 valence electrons. The molecule has 0 amide bonds. The topological polar surface area (TPSA) is 4.36 Å². The van der Waals surface area contributed by atoms with Crippen molar-refractivity contribution < 1.29 is 4.39 Å². The van der Waals surface area contributed by atoms with E-state index in [0.717, 1.165) is 6.42 Å². The van der Waals surface area contributed by atoms with Crippen molar-refractivity contribution in [3.05, 3.63) is 11.4 Å². The van der Waals surface area contributed by atoms with Crippen LogP contribution in [0, 0.1) is 6.57 Å². The molecule has 0 heterocycles. The lowest BCUT2D eigenvalue weighted by Crippen LogP contribution is -1.99. The van der Waals surface area contributed by atoms with E-state index in [-0.39, 0.29) is 0 Å². The molecule has 0 aliphatic rings. The fourth-order valence-corrected chi connectivity index (χ4v) is 0.662. The highest BCUT2D eigenvalue weighted by Gasteiger charge is 2.04. The first-order valence-corrected chi connectivity index (χ1v) is 3.28. The van der Waals surface area contributed by atoms with E-state index in [1.54, 1.807) is 0 Å². The maximum atomic E-state index is 12.4. The summed E-state index contributed by atoms with van der Waals surface area (Å²) in [6.45, 7) is 8.67. The van der Waals surface area contributed by atoms with Crippen molar-refractivity contribution in [1.29, 1.82) is 0 Å². The first-order chi connectivity index (χ1) is 4.31. The third-order valence-electron chi connectivity index (χ3n) is 1.16. The fourth-order valence-electron chi connectivity index (χ4n) is 0.662. The fraction of sp³-hybridized carbons (Fsp3) is 0.857. The Balaban J connectivity index is 3.07. The van der Waals surface area contributed by atoms with Crippen molar-refractivity contribution in [2.45, 2.75) is 32.4 Å². The van der Waals surface area contributed by atoms with Crippen LogP contribution in [0.25, 0.3) is 4.85 Å². The molecule has 0 fully saturated rings. The van der Waals surface area contributed by atoms with E-state index in [2.05, 4.69) is 4.85 Å². The summed E-state index contributed by atoms with van der Waals surface area (Å²) in [5, 5.41) is 0. The largest absolute Gasteiger partial charge is 0.317 e. The van der Waals surface area contributed by atoms with Crippen molar-refractivity contribution in [3.63, 3.8) is 0 Å². The normalized spacial score (nSPS) is 12.6. The standard InChI is InChI=1S/C7H12FN/c1-3-4-7(8)5-6-9-2/h7H,3-6H2,1H3. The first-order valence-electron chi connectivity index (χ1n) is 3.28. The lowest BCUT2D eigenvalue weighted by atomic mass is 10.2. The molecule has 1 nitrogen and oxygen atoms in total. The average molecular weight is 129 g/mol. The Morgan fingerprint density at radius 2 is 2.22 bits per heavy atom. The number of hydrogen-bond donors (Lipinski definition) is 0. The Labute approximate surface area is 55.7 Å². The second-order valence-electron chi connectivity index (χ2n) is 2.06. The van der Waals surface area contributed by atoms with Crippen LogP contribution >= 0.6 is 0 Å². The third kappa shape index (κ3) is 5.29. The van der Waals surface area contributed by atoms with Crippen molar-refractivity contribution >= 4 is 0 Å². The summed E-state index contributed by atoms with van der Waals surface area (Å²) in [7, 11) is 0. The van der Waals surface area contributed by atoms with Gasteiger partial charge in [-0.2, -0.15) is 0 Å². The van der Waals surface area contributed by atoms with Crippen LogP contribution in [0.3, 0.4) is 0 Å². The third-order valence-corrected chi connectivity index (χ3v) is 1.16. The lowest BCUT2D eigenvalue weighted by Gasteiger charge is -1.99. The monoisotopic (exact) mass is 129 g/mol. The van der Waals surface area contributed by atoms with Crippen LogP contribution in [0.2, 0.25) is 0 Å². The van der Waals surface area contributed by atoms with Crippen molar-refractivity contribution in [3.8, 4) is 0 Å². The van der Waals surface area contributed by atoms with Crippen molar-refractivity contribution in [1.82, 2.24) is 0 Å². The van der Waals surface area contributed by atoms with E-state index >= 15 is 0 Å². The summed E-state index contributed by atoms with van der Waals surface area (Å²) < 4.78 is 12.4. The van der Waals surface area contributed by atoms with Gasteiger partial charge in [-0.05, 0) is 6.42 Å². The zero-order chi connectivity index (χ0) is 7.11. The van der Waals surface area contributed by atoms with Crippen molar-refractivity contribution in [2.24, 2.45) is 0 Å². The minimum Gasteiger partial charge on any atom is -0.317 e. The maximum absolute atomic E-state index is 12.4. The Bertz CT molecular complexity index is 95.6. The van der Waals surface area contributed by atoms with Crippen LogP contribution < -0.4 is 0 Å². The number of alkyl halides is 1. The summed E-state index contributed by atoms with van der Waals surface area (Å²) in [4.78, 5) is 3.07. The Morgan fingerprint density at radius 1 is 1.56 bits per heavy atom. The molecule has 0 saturated carbocycles. The number of halogens is 1. The van der Waals surface area contributed by atoms with Crippen LogP contribution in [0.1, 0.15) is 26.2 Å². The highest BCUT2D eigenvalue weighted by Crippen LogP contribution is 2.05. The van der Waals surface area contributed by atoms with Gasteiger partial charge in [0.25, 0.3) is 0 Å². The van der Waals surface area contributed by atoms with Gasteiger partial charge in [-0.25, -0.2) is 11.0 Å². The number of nitrogens with zero attached hydrogens (tertiary/aromatic N) is 1. The maximum Gasteiger partial charge on any atom is 0.217 e. The Kier molecular flexibility index (Phi) is 5.20. The average Bonchev–Trinajstić information content (AvgIpc) is 1.85. The molecule has 0 aromatic rings. The molecule has 9 heavy (non-hydrogen) atoms. The molecule has 0 spiro atoms. The van der Waals surface area contributed by atoms with Crippen LogP contribution in [0.15, 0.2) is 0 Å². The van der Waals surface area contributed by atoms with Gasteiger partial charge < -0.3 is 4.85 Å². The van der Waals surface area contributed by atoms with Crippen LogP contribution in [-0.4, -0.2) is 12.7 Å². The van der Waals surface area contributed by atoms with E-state index in [4.69, 9.17) is 6.57 Å². The van der Waals surface area contributed by atoms with Gasteiger partial charge in [0.2, 0.25) is 6.54 Å². The minimum absolute atomic E-state index is 0.334. The van der Waals surface area contributed by atoms with Crippen molar-refractivity contribution in [2.75, 3.05) is 6.54 Å². The van der Waals surface area contributed by atoms with Crippen LogP contribution in [0.5, 0.6) is 0 Å². The molecule has 2 heteroatoms. The second kappa shape index (κ2) is 5.55. The van der Waals surface area contributed by atoms with Crippen LogP contribution in [0.4, 0.5) is 4.39 Å². The summed E-state index contributed by atoms with van der Waals surface area (Å²) in [6, 6.07) is 0. The summed E-state index contributed by atoms with van der Waals surface area (Å²) in [6.07, 6.45) is 1.15. The number of hydrogen-bond acceptors (Lipinski definition) is 0. The van der Waals surface area contributed by atoms with Gasteiger partial charge >= 0.3 is 0 Å². The molecular formula is C7H12FN. The van der Waals surface area contributed by atoms with Gasteiger partial charge in [-0.1, -0.05) is 13.3 Å². The Morgan fingerprint density at radius 3 is 2.67 bits per heavy atom. The predicted octanol–water partition coefficient (Wildman–Crippen LogP) is 2.43. The summed E-state index contributed by atoms with van der Waals surface area (Å²) in [5.74, 6) is 0. The molecule has 0 saturated heterocycles. The predicted molar refractivity (Wildman–Crippen MR) is 35.9 cm³/mol. The molecule has 0 aromatic heterocycles. The molecule has 0 aliphatic heterocycles. The zero-order valence-corrected chi connectivity index (χ0v) is 5.73. The molecule has 1 unspecified atom stereocenters. The van der Waals surface area contributed by atoms with Gasteiger partial charge in [-0.15, -0.1) is 0 Å². The molecule has 0 radical (unpaired) electrons. The van der Waals surface area contributed by atoms with E-state index in [1.165, 1.54) is 0 Å². The first kappa shape index (κ1) is 8.42. The smallest absolute Gasteiger partial charge is 0.217 e. The molecule has 0 aliphatic carbocycles. The quantitative estimate of drug-likeness (QED) is 0.513. The SMILES string of the molecule is [C-]#[N+]CCC(F)CCC. The lowest BCUT2D eigenvalue weighted by molar-refractivity contribution is 0.302. The summed E-state index contributed by atoms with van der Waals surface area (Å²) >= 11 is 0. The number of rotatable bonds is 4. The molecule has 0 aromatic carbocycles. The van der Waals surface area contributed by atoms with E-state index < -0.39 is 6.17 Å². The van der Waals surface area contributed by atoms with Gasteiger partial charge in [0.05, 0.1) is 6.42 Å².